The van der Waals surface area contributed by atoms with E-state index in [9.17, 15) is 19.1 Å². The number of fused-ring (bicyclic) bond motifs is 3. The number of ether oxygens (including phenoxy) is 1. The molecule has 0 aromatic heterocycles. The first-order valence-corrected chi connectivity index (χ1v) is 10.1. The first-order valence-electron chi connectivity index (χ1n) is 9.73. The third-order valence-corrected chi connectivity index (χ3v) is 5.76. The van der Waals surface area contributed by atoms with E-state index in [-0.39, 0.29) is 29.5 Å². The molecule has 0 bridgehead atoms. The van der Waals surface area contributed by atoms with Crippen LogP contribution in [0.5, 0.6) is 0 Å². The van der Waals surface area contributed by atoms with Gasteiger partial charge < -0.3 is 15.2 Å². The van der Waals surface area contributed by atoms with Gasteiger partial charge in [-0.1, -0.05) is 66.2 Å². The van der Waals surface area contributed by atoms with Crippen LogP contribution in [-0.4, -0.2) is 29.8 Å². The van der Waals surface area contributed by atoms with Gasteiger partial charge >= 0.3 is 12.1 Å². The van der Waals surface area contributed by atoms with E-state index in [1.54, 1.807) is 0 Å². The van der Waals surface area contributed by atoms with Gasteiger partial charge in [0.2, 0.25) is 0 Å². The summed E-state index contributed by atoms with van der Waals surface area (Å²) in [6.07, 6.45) is -1.19. The van der Waals surface area contributed by atoms with Crippen LogP contribution in [0.1, 0.15) is 22.6 Å². The number of hydrogen-bond donors (Lipinski definition) is 2. The van der Waals surface area contributed by atoms with E-state index < -0.39 is 23.9 Å². The van der Waals surface area contributed by atoms with Crippen molar-refractivity contribution in [2.75, 3.05) is 6.61 Å². The van der Waals surface area contributed by atoms with Crippen LogP contribution in [-0.2, 0) is 16.0 Å². The fourth-order valence-corrected chi connectivity index (χ4v) is 4.15. The summed E-state index contributed by atoms with van der Waals surface area (Å²) in [5.41, 5.74) is 4.29. The van der Waals surface area contributed by atoms with Crippen molar-refractivity contribution in [1.29, 1.82) is 0 Å². The predicted octanol–water partition coefficient (Wildman–Crippen LogP) is 5.01. The minimum absolute atomic E-state index is 0.0236. The second kappa shape index (κ2) is 8.78. The van der Waals surface area contributed by atoms with E-state index >= 15 is 0 Å². The van der Waals surface area contributed by atoms with Crippen LogP contribution in [0.25, 0.3) is 11.1 Å². The largest absolute Gasteiger partial charge is 0.480 e. The minimum Gasteiger partial charge on any atom is -0.480 e. The first kappa shape index (κ1) is 20.9. The van der Waals surface area contributed by atoms with Crippen molar-refractivity contribution >= 4 is 23.7 Å². The number of carboxylic acids is 1. The number of carbonyl (C=O) groups excluding carboxylic acids is 1. The van der Waals surface area contributed by atoms with Gasteiger partial charge in [0.05, 0.1) is 0 Å². The highest BCUT2D eigenvalue weighted by Crippen LogP contribution is 2.44. The zero-order chi connectivity index (χ0) is 22.0. The van der Waals surface area contributed by atoms with Crippen LogP contribution in [0.15, 0.2) is 66.7 Å². The van der Waals surface area contributed by atoms with Crippen LogP contribution in [0.2, 0.25) is 5.02 Å². The summed E-state index contributed by atoms with van der Waals surface area (Å²) in [5.74, 6) is -2.09. The Balaban J connectivity index is 1.45. The Morgan fingerprint density at radius 2 is 1.61 bits per heavy atom. The molecule has 1 amide bonds. The van der Waals surface area contributed by atoms with Gasteiger partial charge in [0, 0.05) is 22.9 Å². The Morgan fingerprint density at radius 1 is 1.00 bits per heavy atom. The van der Waals surface area contributed by atoms with E-state index in [1.165, 1.54) is 18.2 Å². The van der Waals surface area contributed by atoms with Crippen LogP contribution in [0, 0.1) is 5.82 Å². The van der Waals surface area contributed by atoms with Crippen molar-refractivity contribution in [1.82, 2.24) is 5.32 Å². The fourth-order valence-electron chi connectivity index (χ4n) is 3.91. The Morgan fingerprint density at radius 3 is 2.19 bits per heavy atom. The summed E-state index contributed by atoms with van der Waals surface area (Å²) in [5, 5.41) is 11.9. The Bertz CT molecular complexity index is 1080. The molecule has 4 rings (SSSR count). The summed E-state index contributed by atoms with van der Waals surface area (Å²) in [4.78, 5) is 24.0. The molecule has 0 aliphatic heterocycles. The Kier molecular flexibility index (Phi) is 5.91. The lowest BCUT2D eigenvalue weighted by Gasteiger charge is -2.18. The van der Waals surface area contributed by atoms with E-state index in [0.717, 1.165) is 22.3 Å². The van der Waals surface area contributed by atoms with Crippen molar-refractivity contribution in [2.24, 2.45) is 0 Å². The standard InChI is InChI=1S/C24H19ClFNO4/c25-20-10-5-11-21(26)18(20)12-22(23(28)29)27-24(30)31-13-19-16-8-3-1-6-14(16)15-7-2-4-9-17(15)19/h1-11,19,22H,12-13H2,(H,27,30)(H,28,29). The molecule has 0 spiro atoms. The first-order chi connectivity index (χ1) is 15.0. The van der Waals surface area contributed by atoms with Crippen molar-refractivity contribution in [2.45, 2.75) is 18.4 Å². The molecule has 2 N–H and O–H groups in total. The number of nitrogens with one attached hydrogen (secondary N) is 1. The normalized spacial score (nSPS) is 13.2. The molecule has 1 unspecified atom stereocenters. The minimum atomic E-state index is -1.38. The summed E-state index contributed by atoms with van der Waals surface area (Å²) in [6.45, 7) is 0.0483. The maximum absolute atomic E-state index is 14.0. The SMILES string of the molecule is O=C(NC(Cc1c(F)cccc1Cl)C(=O)O)OCC1c2ccccc2-c2ccccc21. The monoisotopic (exact) mass is 439 g/mol. The van der Waals surface area contributed by atoms with Gasteiger partial charge in [0.1, 0.15) is 18.5 Å². The molecule has 158 valence electrons. The topological polar surface area (TPSA) is 75.6 Å². The third kappa shape index (κ3) is 4.25. The summed E-state index contributed by atoms with van der Waals surface area (Å²) in [6, 6.07) is 18.5. The average molecular weight is 440 g/mol. The molecular formula is C24H19ClFNO4. The number of rotatable bonds is 6. The summed E-state index contributed by atoms with van der Waals surface area (Å²) < 4.78 is 19.4. The average Bonchev–Trinajstić information content (AvgIpc) is 3.08. The van der Waals surface area contributed by atoms with Gasteiger partial charge in [-0.15, -0.1) is 0 Å². The summed E-state index contributed by atoms with van der Waals surface area (Å²) in [7, 11) is 0. The van der Waals surface area contributed by atoms with Gasteiger partial charge in [-0.2, -0.15) is 0 Å². The van der Waals surface area contributed by atoms with E-state index in [4.69, 9.17) is 16.3 Å². The number of hydrogen-bond acceptors (Lipinski definition) is 3. The lowest BCUT2D eigenvalue weighted by Crippen LogP contribution is -2.43. The predicted molar refractivity (Wildman–Crippen MR) is 115 cm³/mol. The molecule has 0 saturated heterocycles. The molecule has 1 aliphatic rings. The van der Waals surface area contributed by atoms with Crippen LogP contribution in [0.3, 0.4) is 0 Å². The summed E-state index contributed by atoms with van der Waals surface area (Å²) >= 11 is 5.98. The zero-order valence-electron chi connectivity index (χ0n) is 16.3. The van der Waals surface area contributed by atoms with Crippen LogP contribution >= 0.6 is 11.6 Å². The fraction of sp³-hybridized carbons (Fsp3) is 0.167. The second-order valence-corrected chi connectivity index (χ2v) is 7.67. The molecule has 5 nitrogen and oxygen atoms in total. The molecule has 3 aromatic carbocycles. The molecule has 0 fully saturated rings. The number of amides is 1. The number of carbonyl (C=O) groups is 2. The van der Waals surface area contributed by atoms with Crippen molar-refractivity contribution in [3.63, 3.8) is 0 Å². The molecule has 1 atom stereocenters. The third-order valence-electron chi connectivity index (χ3n) is 5.40. The van der Waals surface area contributed by atoms with E-state index in [0.29, 0.717) is 0 Å². The van der Waals surface area contributed by atoms with Crippen LogP contribution < -0.4 is 5.32 Å². The van der Waals surface area contributed by atoms with Crippen molar-refractivity contribution in [3.8, 4) is 11.1 Å². The molecule has 0 radical (unpaired) electrons. The van der Waals surface area contributed by atoms with Gasteiger partial charge in [-0.3, -0.25) is 0 Å². The molecule has 0 heterocycles. The molecule has 7 heteroatoms. The highest BCUT2D eigenvalue weighted by Gasteiger charge is 2.30. The molecular weight excluding hydrogens is 421 g/mol. The second-order valence-electron chi connectivity index (χ2n) is 7.27. The number of benzene rings is 3. The Hall–Kier alpha value is -3.38. The number of carboxylic acid groups (broad SMARTS) is 1. The zero-order valence-corrected chi connectivity index (χ0v) is 17.1. The number of halogens is 2. The maximum atomic E-state index is 14.0. The van der Waals surface area contributed by atoms with E-state index in [1.807, 2.05) is 48.5 Å². The van der Waals surface area contributed by atoms with Crippen molar-refractivity contribution < 1.29 is 23.8 Å². The maximum Gasteiger partial charge on any atom is 0.407 e. The van der Waals surface area contributed by atoms with Gasteiger partial charge in [-0.25, -0.2) is 14.0 Å². The van der Waals surface area contributed by atoms with Crippen molar-refractivity contribution in [3.05, 3.63) is 94.3 Å². The lowest BCUT2D eigenvalue weighted by molar-refractivity contribution is -0.139. The van der Waals surface area contributed by atoms with E-state index in [2.05, 4.69) is 5.32 Å². The quantitative estimate of drug-likeness (QED) is 0.566. The lowest BCUT2D eigenvalue weighted by atomic mass is 9.98. The molecule has 1 aliphatic carbocycles. The van der Waals surface area contributed by atoms with Gasteiger partial charge in [0.15, 0.2) is 0 Å². The number of alkyl carbamates (subject to hydrolysis) is 1. The molecule has 0 saturated carbocycles. The molecule has 3 aromatic rings. The van der Waals surface area contributed by atoms with Crippen LogP contribution in [0.4, 0.5) is 9.18 Å². The highest BCUT2D eigenvalue weighted by atomic mass is 35.5. The smallest absolute Gasteiger partial charge is 0.407 e. The van der Waals surface area contributed by atoms with Gasteiger partial charge in [-0.05, 0) is 34.4 Å². The van der Waals surface area contributed by atoms with Gasteiger partial charge in [0.25, 0.3) is 0 Å². The Labute approximate surface area is 183 Å². The number of aliphatic carboxylic acids is 1. The molecule has 31 heavy (non-hydrogen) atoms. The highest BCUT2D eigenvalue weighted by molar-refractivity contribution is 6.31.